The van der Waals surface area contributed by atoms with Crippen molar-refractivity contribution in [2.75, 3.05) is 0 Å². The minimum atomic E-state index is -2.92. The van der Waals surface area contributed by atoms with Crippen molar-refractivity contribution in [3.05, 3.63) is 0 Å². The molecule has 0 aromatic carbocycles. The van der Waals surface area contributed by atoms with E-state index in [1.54, 1.807) is 0 Å². The molecule has 116 valence electrons. The molecular formula is C10H22CaO7P2. The van der Waals surface area contributed by atoms with Crippen molar-refractivity contribution in [2.24, 2.45) is 0 Å². The maximum Gasteiger partial charge on any atom is 2.00 e. The van der Waals surface area contributed by atoms with Gasteiger partial charge in [-0.05, 0) is 25.7 Å². The van der Waals surface area contributed by atoms with Crippen LogP contribution in [-0.2, 0) is 18.2 Å². The van der Waals surface area contributed by atoms with Gasteiger partial charge >= 0.3 is 37.7 Å². The summed E-state index contributed by atoms with van der Waals surface area (Å²) in [6.07, 6.45) is 8.12. The van der Waals surface area contributed by atoms with E-state index in [9.17, 15) is 18.9 Å². The zero-order chi connectivity index (χ0) is 13.4. The summed E-state index contributed by atoms with van der Waals surface area (Å²) in [6.45, 7) is 0. The predicted molar refractivity (Wildman–Crippen MR) is 74.1 cm³/mol. The van der Waals surface area contributed by atoms with Crippen molar-refractivity contribution in [2.45, 2.75) is 63.6 Å². The molecule has 20 heavy (non-hydrogen) atoms. The van der Waals surface area contributed by atoms with Crippen molar-refractivity contribution < 1.29 is 33.4 Å². The largest absolute Gasteiger partial charge is 2.00 e. The third-order valence-corrected chi connectivity index (χ3v) is 4.18. The van der Waals surface area contributed by atoms with Gasteiger partial charge in [0.25, 0.3) is 0 Å². The molecule has 0 amide bonds. The van der Waals surface area contributed by atoms with E-state index >= 15 is 0 Å². The summed E-state index contributed by atoms with van der Waals surface area (Å²) in [6, 6.07) is 0. The average molecular weight is 356 g/mol. The molecule has 2 saturated carbocycles. The van der Waals surface area contributed by atoms with Crippen LogP contribution in [0.1, 0.15) is 51.4 Å². The van der Waals surface area contributed by atoms with E-state index in [0.29, 0.717) is 0 Å². The van der Waals surface area contributed by atoms with Crippen molar-refractivity contribution in [1.29, 1.82) is 0 Å². The third kappa shape index (κ3) is 12.1. The van der Waals surface area contributed by atoms with E-state index < -0.39 is 16.5 Å². The van der Waals surface area contributed by atoms with Gasteiger partial charge in [-0.1, -0.05) is 25.7 Å². The number of rotatable bonds is 4. The predicted octanol–water partition coefficient (Wildman–Crippen LogP) is 0.186. The topological polar surface area (TPSA) is 130 Å². The van der Waals surface area contributed by atoms with Gasteiger partial charge in [0.05, 0.1) is 12.2 Å². The Morgan fingerprint density at radius 2 is 1.00 bits per heavy atom. The smallest absolute Gasteiger partial charge is 0.781 e. The molecule has 0 saturated heterocycles. The van der Waals surface area contributed by atoms with E-state index in [1.165, 1.54) is 0 Å². The van der Waals surface area contributed by atoms with Crippen LogP contribution in [0.4, 0.5) is 0 Å². The van der Waals surface area contributed by atoms with Crippen molar-refractivity contribution in [3.8, 4) is 0 Å². The molecular weight excluding hydrogens is 334 g/mol. The molecule has 0 aromatic heterocycles. The van der Waals surface area contributed by atoms with Crippen LogP contribution in [0.15, 0.2) is 0 Å². The maximum absolute atomic E-state index is 10.0. The van der Waals surface area contributed by atoms with Gasteiger partial charge in [-0.3, -0.25) is 0 Å². The fraction of sp³-hybridized carbons (Fsp3) is 1.00. The molecule has 2 rings (SSSR count). The first-order valence-corrected chi connectivity index (χ1v) is 8.78. The minimum absolute atomic E-state index is 0. The Bertz CT molecular complexity index is 253. The summed E-state index contributed by atoms with van der Waals surface area (Å²) in [5, 5.41) is 0. The van der Waals surface area contributed by atoms with E-state index in [-0.39, 0.29) is 55.4 Å². The van der Waals surface area contributed by atoms with Gasteiger partial charge < -0.3 is 33.4 Å². The second-order valence-corrected chi connectivity index (χ2v) is 6.02. The van der Waals surface area contributed by atoms with Crippen LogP contribution >= 0.6 is 16.5 Å². The first-order valence-electron chi connectivity index (χ1n) is 6.33. The van der Waals surface area contributed by atoms with E-state index in [4.69, 9.17) is 0 Å². The summed E-state index contributed by atoms with van der Waals surface area (Å²) in [4.78, 5) is 20.0. The van der Waals surface area contributed by atoms with Crippen molar-refractivity contribution >= 4 is 54.2 Å². The molecule has 0 aliphatic heterocycles. The fourth-order valence-corrected chi connectivity index (χ4v) is 3.30. The van der Waals surface area contributed by atoms with Gasteiger partial charge in [0.2, 0.25) is 0 Å². The molecule has 0 radical (unpaired) electrons. The van der Waals surface area contributed by atoms with Gasteiger partial charge in [0.1, 0.15) is 16.5 Å². The molecule has 10 heteroatoms. The molecule has 0 spiro atoms. The number of hydrogen-bond acceptors (Lipinski definition) is 6. The molecule has 2 fully saturated rings. The SMILES string of the molecule is O.O=[PH]([O-])OC1CCCC1.O=[PH]([O-])OC1CCCC1.[Ca+2]. The fourth-order valence-electron chi connectivity index (χ4n) is 2.28. The van der Waals surface area contributed by atoms with E-state index in [0.717, 1.165) is 51.4 Å². The Hall–Kier alpha value is 1.52. The van der Waals surface area contributed by atoms with Gasteiger partial charge in [0.15, 0.2) is 0 Å². The molecule has 0 heterocycles. The van der Waals surface area contributed by atoms with E-state index in [2.05, 4.69) is 9.05 Å². The van der Waals surface area contributed by atoms with Crippen LogP contribution in [0.3, 0.4) is 0 Å². The van der Waals surface area contributed by atoms with Crippen LogP contribution in [-0.4, -0.2) is 55.4 Å². The van der Waals surface area contributed by atoms with Gasteiger partial charge in [-0.25, -0.2) is 0 Å². The van der Waals surface area contributed by atoms with Crippen LogP contribution < -0.4 is 9.79 Å². The van der Waals surface area contributed by atoms with Crippen molar-refractivity contribution in [1.82, 2.24) is 0 Å². The molecule has 2 aliphatic rings. The first kappa shape index (κ1) is 23.8. The molecule has 7 nitrogen and oxygen atoms in total. The Labute approximate surface area is 150 Å². The Morgan fingerprint density at radius 1 is 0.750 bits per heavy atom. The molecule has 0 aromatic rings. The molecule has 0 bridgehead atoms. The molecule has 2 unspecified atom stereocenters. The quantitative estimate of drug-likeness (QED) is 0.522. The second kappa shape index (κ2) is 14.1. The standard InChI is InChI=1S/2C5H11O3P.Ca.H2O/c2*6-9(7)8-5-3-1-2-4-5;;/h2*5,9H,1-4H2,(H,6,7);;1H2/q;;+2;/p-2. The zero-order valence-corrected chi connectivity index (χ0v) is 15.7. The summed E-state index contributed by atoms with van der Waals surface area (Å²) < 4.78 is 29.2. The summed E-state index contributed by atoms with van der Waals surface area (Å²) in [7, 11) is -5.84. The number of hydrogen-bond donors (Lipinski definition) is 0. The molecule has 2 aliphatic carbocycles. The normalized spacial score (nSPS) is 22.1. The molecule has 2 atom stereocenters. The molecule has 2 N–H and O–H groups in total. The maximum atomic E-state index is 10.0. The monoisotopic (exact) mass is 356 g/mol. The van der Waals surface area contributed by atoms with Crippen LogP contribution in [0.5, 0.6) is 0 Å². The summed E-state index contributed by atoms with van der Waals surface area (Å²) >= 11 is 0. The zero-order valence-electron chi connectivity index (χ0n) is 11.5. The Balaban J connectivity index is 0. The second-order valence-electron chi connectivity index (χ2n) is 4.55. The minimum Gasteiger partial charge on any atom is -0.781 e. The van der Waals surface area contributed by atoms with Crippen molar-refractivity contribution in [3.63, 3.8) is 0 Å². The first-order chi connectivity index (χ1) is 8.58. The van der Waals surface area contributed by atoms with Gasteiger partial charge in [-0.15, -0.1) is 0 Å². The Morgan fingerprint density at radius 3 is 1.20 bits per heavy atom. The third-order valence-electron chi connectivity index (χ3n) is 3.13. The summed E-state index contributed by atoms with van der Waals surface area (Å²) in [5.41, 5.74) is 0. The Kier molecular flexibility index (Phi) is 16.8. The van der Waals surface area contributed by atoms with E-state index in [1.807, 2.05) is 0 Å². The van der Waals surface area contributed by atoms with Gasteiger partial charge in [-0.2, -0.15) is 0 Å². The summed E-state index contributed by atoms with van der Waals surface area (Å²) in [5.74, 6) is 0. The van der Waals surface area contributed by atoms with Crippen LogP contribution in [0.2, 0.25) is 0 Å². The average Bonchev–Trinajstić information content (AvgIpc) is 2.90. The van der Waals surface area contributed by atoms with Gasteiger partial charge in [0, 0.05) is 0 Å². The van der Waals surface area contributed by atoms with Crippen LogP contribution in [0.25, 0.3) is 0 Å². The van der Waals surface area contributed by atoms with Crippen LogP contribution in [0, 0.1) is 0 Å².